The molecule has 1 heterocycles. The molecule has 0 aliphatic heterocycles. The van der Waals surface area contributed by atoms with Crippen LogP contribution < -0.4 is 5.32 Å². The lowest BCUT2D eigenvalue weighted by molar-refractivity contribution is 0.180. The number of aromatic nitrogens is 2. The highest BCUT2D eigenvalue weighted by Crippen LogP contribution is 2.26. The van der Waals surface area contributed by atoms with Gasteiger partial charge in [-0.05, 0) is 33.6 Å². The Balaban J connectivity index is 2.37. The zero-order chi connectivity index (χ0) is 15.4. The molecule has 1 aromatic heterocycles. The summed E-state index contributed by atoms with van der Waals surface area (Å²) in [5, 5.41) is 4.25. The van der Waals surface area contributed by atoms with Crippen LogP contribution in [0.1, 0.15) is 17.1 Å². The second-order valence-electron chi connectivity index (χ2n) is 4.34. The van der Waals surface area contributed by atoms with Crippen LogP contribution in [0.4, 0.5) is 5.82 Å². The topological polar surface area (TPSA) is 47.0 Å². The first-order chi connectivity index (χ1) is 10.0. The maximum Gasteiger partial charge on any atom is 0.144 e. The quantitative estimate of drug-likeness (QED) is 0.825. The second-order valence-corrected chi connectivity index (χ2v) is 5.98. The molecule has 2 rings (SSSR count). The third-order valence-electron chi connectivity index (χ3n) is 2.85. The van der Waals surface area contributed by atoms with Crippen LogP contribution in [-0.2, 0) is 17.8 Å². The number of methoxy groups -OCH3 is 1. The molecule has 112 valence electrons. The molecule has 0 radical (unpaired) electrons. The number of anilines is 1. The van der Waals surface area contributed by atoms with Gasteiger partial charge in [0.15, 0.2) is 0 Å². The van der Waals surface area contributed by atoms with Gasteiger partial charge in [0.1, 0.15) is 11.6 Å². The molecule has 2 aromatic rings. The molecule has 4 nitrogen and oxygen atoms in total. The maximum absolute atomic E-state index is 6.20. The van der Waals surface area contributed by atoms with Crippen LogP contribution in [0.3, 0.4) is 0 Å². The number of halogens is 3. The van der Waals surface area contributed by atoms with Gasteiger partial charge in [-0.15, -0.1) is 0 Å². The summed E-state index contributed by atoms with van der Waals surface area (Å²) < 4.78 is 5.96. The summed E-state index contributed by atoms with van der Waals surface area (Å²) in [4.78, 5) is 8.99. The zero-order valence-corrected chi connectivity index (χ0v) is 14.7. The number of benzene rings is 1. The van der Waals surface area contributed by atoms with Gasteiger partial charge >= 0.3 is 0 Å². The molecule has 0 atom stereocenters. The lowest BCUT2D eigenvalue weighted by atomic mass is 10.1. The van der Waals surface area contributed by atoms with Crippen molar-refractivity contribution < 1.29 is 4.74 Å². The van der Waals surface area contributed by atoms with Crippen molar-refractivity contribution in [3.63, 3.8) is 0 Å². The van der Waals surface area contributed by atoms with E-state index in [1.807, 2.05) is 13.1 Å². The Morgan fingerprint density at radius 2 is 2.05 bits per heavy atom. The molecule has 0 unspecified atom stereocenters. The van der Waals surface area contributed by atoms with E-state index in [0.717, 1.165) is 21.5 Å². The van der Waals surface area contributed by atoms with Crippen molar-refractivity contribution in [2.45, 2.75) is 13.0 Å². The Hall–Kier alpha value is -0.880. The third-order valence-corrected chi connectivity index (χ3v) is 4.27. The number of hydrogen-bond acceptors (Lipinski definition) is 4. The molecule has 0 spiro atoms. The molecule has 1 N–H and O–H groups in total. The van der Waals surface area contributed by atoms with Crippen molar-refractivity contribution >= 4 is 44.9 Å². The predicted molar refractivity (Wildman–Crippen MR) is 89.3 cm³/mol. The highest BCUT2D eigenvalue weighted by atomic mass is 79.9. The lowest BCUT2D eigenvalue weighted by Crippen LogP contribution is -2.07. The number of hydrogen-bond donors (Lipinski definition) is 1. The van der Waals surface area contributed by atoms with E-state index < -0.39 is 0 Å². The molecule has 7 heteroatoms. The van der Waals surface area contributed by atoms with E-state index in [0.29, 0.717) is 28.9 Å². The van der Waals surface area contributed by atoms with Crippen molar-refractivity contribution in [3.05, 3.63) is 49.8 Å². The Labute approximate surface area is 142 Å². The highest BCUT2D eigenvalue weighted by molar-refractivity contribution is 9.10. The summed E-state index contributed by atoms with van der Waals surface area (Å²) in [6, 6.07) is 5.40. The van der Waals surface area contributed by atoms with E-state index >= 15 is 0 Å². The summed E-state index contributed by atoms with van der Waals surface area (Å²) in [6.45, 7) is 0.402. The number of nitrogens with one attached hydrogen (secondary N) is 1. The SMILES string of the molecule is CNc1nc(Cc2ccc(Cl)cc2Cl)nc(COC)c1Br. The average Bonchev–Trinajstić information content (AvgIpc) is 2.45. The Morgan fingerprint density at radius 3 is 2.67 bits per heavy atom. The van der Waals surface area contributed by atoms with Crippen molar-refractivity contribution in [2.24, 2.45) is 0 Å². The monoisotopic (exact) mass is 389 g/mol. The standard InChI is InChI=1S/C14H14BrCl2N3O/c1-18-14-13(15)11(7-21-2)19-12(20-14)5-8-3-4-9(16)6-10(8)17/h3-4,6H,5,7H2,1-2H3,(H,18,19,20). The largest absolute Gasteiger partial charge is 0.378 e. The fourth-order valence-corrected chi connectivity index (χ4v) is 2.82. The minimum Gasteiger partial charge on any atom is -0.378 e. The normalized spacial score (nSPS) is 10.7. The molecule has 0 bridgehead atoms. The highest BCUT2D eigenvalue weighted by Gasteiger charge is 2.13. The summed E-state index contributed by atoms with van der Waals surface area (Å²) in [5.74, 6) is 1.39. The smallest absolute Gasteiger partial charge is 0.144 e. The van der Waals surface area contributed by atoms with Crippen LogP contribution in [0.15, 0.2) is 22.7 Å². The fraction of sp³-hybridized carbons (Fsp3) is 0.286. The molecule has 0 aliphatic carbocycles. The van der Waals surface area contributed by atoms with E-state index in [1.54, 1.807) is 19.2 Å². The maximum atomic E-state index is 6.20. The van der Waals surface area contributed by atoms with Crippen LogP contribution in [-0.4, -0.2) is 24.1 Å². The fourth-order valence-electron chi connectivity index (χ4n) is 1.86. The Kier molecular flexibility index (Phi) is 5.81. The summed E-state index contributed by atoms with van der Waals surface area (Å²) in [7, 11) is 3.44. The van der Waals surface area contributed by atoms with Crippen LogP contribution >= 0.6 is 39.1 Å². The molecular weight excluding hydrogens is 377 g/mol. The van der Waals surface area contributed by atoms with Crippen molar-refractivity contribution in [1.29, 1.82) is 0 Å². The lowest BCUT2D eigenvalue weighted by Gasteiger charge is -2.11. The van der Waals surface area contributed by atoms with E-state index in [2.05, 4.69) is 31.2 Å². The number of ether oxygens (including phenoxy) is 1. The first-order valence-corrected chi connectivity index (χ1v) is 7.76. The van der Waals surface area contributed by atoms with E-state index in [1.165, 1.54) is 0 Å². The van der Waals surface area contributed by atoms with Gasteiger partial charge in [0.25, 0.3) is 0 Å². The molecule has 21 heavy (non-hydrogen) atoms. The predicted octanol–water partition coefficient (Wildman–Crippen LogP) is 4.32. The van der Waals surface area contributed by atoms with Crippen LogP contribution in [0.5, 0.6) is 0 Å². The third kappa shape index (κ3) is 4.07. The van der Waals surface area contributed by atoms with Gasteiger partial charge in [0, 0.05) is 30.6 Å². The minimum atomic E-state index is 0.402. The van der Waals surface area contributed by atoms with E-state index in [4.69, 9.17) is 27.9 Å². The summed E-state index contributed by atoms with van der Waals surface area (Å²) >= 11 is 15.6. The summed E-state index contributed by atoms with van der Waals surface area (Å²) in [6.07, 6.45) is 0.522. The van der Waals surface area contributed by atoms with Gasteiger partial charge in [-0.3, -0.25) is 0 Å². The molecular formula is C14H14BrCl2N3O. The van der Waals surface area contributed by atoms with Gasteiger partial charge in [-0.1, -0.05) is 29.3 Å². The summed E-state index contributed by atoms with van der Waals surface area (Å²) in [5.41, 5.74) is 1.71. The minimum absolute atomic E-state index is 0.402. The molecule has 0 amide bonds. The first kappa shape index (κ1) is 16.5. The van der Waals surface area contributed by atoms with Crippen molar-refractivity contribution in [3.8, 4) is 0 Å². The van der Waals surface area contributed by atoms with E-state index in [9.17, 15) is 0 Å². The molecule has 1 aromatic carbocycles. The van der Waals surface area contributed by atoms with Crippen LogP contribution in [0.25, 0.3) is 0 Å². The average molecular weight is 391 g/mol. The number of nitrogens with zero attached hydrogens (tertiary/aromatic N) is 2. The van der Waals surface area contributed by atoms with Crippen LogP contribution in [0, 0.1) is 0 Å². The Morgan fingerprint density at radius 1 is 1.29 bits per heavy atom. The van der Waals surface area contributed by atoms with Crippen LogP contribution in [0.2, 0.25) is 10.0 Å². The molecule has 0 aliphatic rings. The Bertz CT molecular complexity index is 652. The zero-order valence-electron chi connectivity index (χ0n) is 11.6. The molecule has 0 saturated carbocycles. The van der Waals surface area contributed by atoms with Gasteiger partial charge in [0.2, 0.25) is 0 Å². The molecule has 0 saturated heterocycles. The van der Waals surface area contributed by atoms with Gasteiger partial charge < -0.3 is 10.1 Å². The first-order valence-electron chi connectivity index (χ1n) is 6.21. The second kappa shape index (κ2) is 7.40. The van der Waals surface area contributed by atoms with Crippen molar-refractivity contribution in [1.82, 2.24) is 9.97 Å². The molecule has 0 fully saturated rings. The van der Waals surface area contributed by atoms with Gasteiger partial charge in [-0.25, -0.2) is 9.97 Å². The van der Waals surface area contributed by atoms with Gasteiger partial charge in [-0.2, -0.15) is 0 Å². The van der Waals surface area contributed by atoms with E-state index in [-0.39, 0.29) is 0 Å². The number of rotatable bonds is 5. The van der Waals surface area contributed by atoms with Crippen molar-refractivity contribution in [2.75, 3.05) is 19.5 Å². The van der Waals surface area contributed by atoms with Gasteiger partial charge in [0.05, 0.1) is 16.8 Å².